The van der Waals surface area contributed by atoms with Gasteiger partial charge in [0.15, 0.2) is 0 Å². The number of aryl methyl sites for hydroxylation is 2. The summed E-state index contributed by atoms with van der Waals surface area (Å²) in [5, 5.41) is 10.2. The Morgan fingerprint density at radius 1 is 0.895 bits per heavy atom. The third-order valence-corrected chi connectivity index (χ3v) is 6.23. The predicted octanol–water partition coefficient (Wildman–Crippen LogP) is 5.73. The van der Waals surface area contributed by atoms with Crippen LogP contribution in [0.2, 0.25) is 0 Å². The third-order valence-electron chi connectivity index (χ3n) is 6.23. The molecule has 3 aromatic carbocycles. The van der Waals surface area contributed by atoms with Crippen molar-refractivity contribution in [2.75, 3.05) is 7.11 Å². The highest BCUT2D eigenvalue weighted by molar-refractivity contribution is 5.85. The fourth-order valence-corrected chi connectivity index (χ4v) is 4.17. The van der Waals surface area contributed by atoms with Crippen LogP contribution in [0.5, 0.6) is 17.2 Å². The molecular formula is C29H28ClN3O5. The van der Waals surface area contributed by atoms with Gasteiger partial charge in [-0.3, -0.25) is 4.79 Å². The van der Waals surface area contributed by atoms with E-state index in [1.165, 1.54) is 0 Å². The molecule has 2 aromatic heterocycles. The molecule has 8 nitrogen and oxygen atoms in total. The average Bonchev–Trinajstić information content (AvgIpc) is 3.24. The number of benzene rings is 3. The molecule has 196 valence electrons. The monoisotopic (exact) mass is 533 g/mol. The molecular weight excluding hydrogens is 506 g/mol. The minimum Gasteiger partial charge on any atom is -0.497 e. The fourth-order valence-electron chi connectivity index (χ4n) is 4.17. The number of rotatable bonds is 10. The summed E-state index contributed by atoms with van der Waals surface area (Å²) in [5.41, 5.74) is 4.29. The van der Waals surface area contributed by atoms with Crippen LogP contribution >= 0.6 is 12.4 Å². The standard InChI is InChI=1S/C29H27N3O5.ClH/c1-32-26-15-22(35-2)12-13-25(26)31-28(32)18-36-23-11-8-20(9-14-29(33)34)27(16-23)37-17-21-10-7-19-5-3-4-6-24(19)30-21;/h3-8,10-13,15-16H,9,14,17-18H2,1-2H3,(H,33,34);1H. The summed E-state index contributed by atoms with van der Waals surface area (Å²) >= 11 is 0. The zero-order chi connectivity index (χ0) is 25.8. The number of aromatic nitrogens is 3. The number of pyridine rings is 1. The van der Waals surface area contributed by atoms with E-state index in [-0.39, 0.29) is 32.0 Å². The molecule has 2 heterocycles. The zero-order valence-electron chi connectivity index (χ0n) is 21.1. The predicted molar refractivity (Wildman–Crippen MR) is 147 cm³/mol. The number of methoxy groups -OCH3 is 1. The van der Waals surface area contributed by atoms with Gasteiger partial charge in [-0.2, -0.15) is 0 Å². The van der Waals surface area contributed by atoms with Gasteiger partial charge in [0.1, 0.15) is 36.3 Å². The molecule has 0 aliphatic heterocycles. The van der Waals surface area contributed by atoms with Gasteiger partial charge in [-0.05, 0) is 42.3 Å². The van der Waals surface area contributed by atoms with Gasteiger partial charge >= 0.3 is 5.97 Å². The molecule has 1 N–H and O–H groups in total. The molecule has 5 rings (SSSR count). The SMILES string of the molecule is COc1ccc2nc(COc3ccc(CCC(=O)O)c(OCc4ccc5ccccc5n4)c3)n(C)c2c1.Cl. The zero-order valence-corrected chi connectivity index (χ0v) is 21.9. The van der Waals surface area contributed by atoms with Crippen molar-refractivity contribution < 1.29 is 24.1 Å². The number of ether oxygens (including phenoxy) is 3. The number of carbonyl (C=O) groups is 1. The minimum absolute atomic E-state index is 0. The molecule has 0 atom stereocenters. The van der Waals surface area contributed by atoms with Crippen molar-refractivity contribution in [3.63, 3.8) is 0 Å². The lowest BCUT2D eigenvalue weighted by Gasteiger charge is -2.14. The lowest BCUT2D eigenvalue weighted by molar-refractivity contribution is -0.136. The second-order valence-electron chi connectivity index (χ2n) is 8.68. The smallest absolute Gasteiger partial charge is 0.303 e. The van der Waals surface area contributed by atoms with Crippen molar-refractivity contribution in [2.24, 2.45) is 7.05 Å². The normalized spacial score (nSPS) is 10.8. The molecule has 5 aromatic rings. The maximum atomic E-state index is 11.2. The summed E-state index contributed by atoms with van der Waals surface area (Å²) < 4.78 is 19.5. The maximum absolute atomic E-state index is 11.2. The molecule has 0 amide bonds. The Morgan fingerprint density at radius 3 is 2.53 bits per heavy atom. The highest BCUT2D eigenvalue weighted by Gasteiger charge is 2.13. The first-order valence-electron chi connectivity index (χ1n) is 11.9. The van der Waals surface area contributed by atoms with Crippen molar-refractivity contribution >= 4 is 40.3 Å². The minimum atomic E-state index is -0.860. The number of carboxylic acids is 1. The fraction of sp³-hybridized carbons (Fsp3) is 0.207. The van der Waals surface area contributed by atoms with E-state index >= 15 is 0 Å². The van der Waals surface area contributed by atoms with Crippen LogP contribution in [-0.2, 0) is 31.5 Å². The van der Waals surface area contributed by atoms with E-state index in [0.717, 1.165) is 44.8 Å². The molecule has 9 heteroatoms. The van der Waals surface area contributed by atoms with E-state index in [1.54, 1.807) is 13.2 Å². The Morgan fingerprint density at radius 2 is 1.71 bits per heavy atom. The molecule has 38 heavy (non-hydrogen) atoms. The van der Waals surface area contributed by atoms with E-state index in [2.05, 4.69) is 9.97 Å². The highest BCUT2D eigenvalue weighted by atomic mass is 35.5. The molecule has 0 spiro atoms. The Kier molecular flexibility index (Phi) is 8.33. The molecule has 0 aliphatic rings. The molecule has 0 unspecified atom stereocenters. The number of fused-ring (bicyclic) bond motifs is 2. The highest BCUT2D eigenvalue weighted by Crippen LogP contribution is 2.28. The van der Waals surface area contributed by atoms with Crippen molar-refractivity contribution in [1.29, 1.82) is 0 Å². The first-order chi connectivity index (χ1) is 18.0. The molecule has 0 radical (unpaired) electrons. The summed E-state index contributed by atoms with van der Waals surface area (Å²) in [6.45, 7) is 0.509. The van der Waals surface area contributed by atoms with Gasteiger partial charge in [-0.15, -0.1) is 12.4 Å². The Balaban J connectivity index is 0.00000336. The van der Waals surface area contributed by atoms with Gasteiger partial charge in [-0.25, -0.2) is 9.97 Å². The van der Waals surface area contributed by atoms with Gasteiger partial charge in [0, 0.05) is 31.0 Å². The first kappa shape index (κ1) is 26.8. The Labute approximate surface area is 226 Å². The van der Waals surface area contributed by atoms with Gasteiger partial charge in [0.25, 0.3) is 0 Å². The number of para-hydroxylation sites is 1. The van der Waals surface area contributed by atoms with Crippen LogP contribution in [0.4, 0.5) is 0 Å². The first-order valence-corrected chi connectivity index (χ1v) is 11.9. The largest absolute Gasteiger partial charge is 0.497 e. The Hall–Kier alpha value is -4.30. The number of hydrogen-bond acceptors (Lipinski definition) is 6. The quantitative estimate of drug-likeness (QED) is 0.245. The molecule has 0 aliphatic carbocycles. The van der Waals surface area contributed by atoms with E-state index in [9.17, 15) is 4.79 Å². The van der Waals surface area contributed by atoms with E-state index in [4.69, 9.17) is 19.3 Å². The van der Waals surface area contributed by atoms with Crippen LogP contribution < -0.4 is 14.2 Å². The summed E-state index contributed by atoms with van der Waals surface area (Å²) in [6.07, 6.45) is 0.358. The summed E-state index contributed by atoms with van der Waals surface area (Å²) in [7, 11) is 3.57. The Bertz CT molecular complexity index is 1580. The number of aliphatic carboxylic acids is 1. The molecule has 0 bridgehead atoms. The number of imidazole rings is 1. The third kappa shape index (κ3) is 5.98. The average molecular weight is 534 g/mol. The summed E-state index contributed by atoms with van der Waals surface area (Å²) in [6, 6.07) is 23.0. The number of halogens is 1. The number of nitrogens with zero attached hydrogens (tertiary/aromatic N) is 3. The van der Waals surface area contributed by atoms with E-state index < -0.39 is 5.97 Å². The number of carboxylic acid groups (broad SMARTS) is 1. The second-order valence-corrected chi connectivity index (χ2v) is 8.68. The van der Waals surface area contributed by atoms with E-state index in [1.807, 2.05) is 78.3 Å². The molecule has 0 saturated heterocycles. The summed E-state index contributed by atoms with van der Waals surface area (Å²) in [4.78, 5) is 20.5. The van der Waals surface area contributed by atoms with Crippen molar-refractivity contribution in [1.82, 2.24) is 14.5 Å². The second kappa shape index (κ2) is 11.8. The van der Waals surface area contributed by atoms with E-state index in [0.29, 0.717) is 17.9 Å². The van der Waals surface area contributed by atoms with Crippen LogP contribution in [0, 0.1) is 0 Å². The van der Waals surface area contributed by atoms with Gasteiger partial charge in [-0.1, -0.05) is 30.3 Å². The molecule has 0 fully saturated rings. The van der Waals surface area contributed by atoms with Gasteiger partial charge < -0.3 is 23.9 Å². The topological polar surface area (TPSA) is 95.7 Å². The number of hydrogen-bond donors (Lipinski definition) is 1. The molecule has 0 saturated carbocycles. The van der Waals surface area contributed by atoms with Crippen LogP contribution in [0.25, 0.3) is 21.9 Å². The van der Waals surface area contributed by atoms with Crippen LogP contribution in [0.15, 0.2) is 72.8 Å². The van der Waals surface area contributed by atoms with Crippen LogP contribution in [0.1, 0.15) is 23.5 Å². The van der Waals surface area contributed by atoms with Crippen LogP contribution in [0.3, 0.4) is 0 Å². The van der Waals surface area contributed by atoms with Gasteiger partial charge in [0.05, 0.1) is 29.4 Å². The van der Waals surface area contributed by atoms with Crippen molar-refractivity contribution in [3.8, 4) is 17.2 Å². The summed E-state index contributed by atoms with van der Waals surface area (Å²) in [5.74, 6) is 1.85. The maximum Gasteiger partial charge on any atom is 0.303 e. The van der Waals surface area contributed by atoms with Crippen molar-refractivity contribution in [3.05, 3.63) is 89.9 Å². The lowest BCUT2D eigenvalue weighted by atomic mass is 10.1. The van der Waals surface area contributed by atoms with Crippen molar-refractivity contribution in [2.45, 2.75) is 26.1 Å². The van der Waals surface area contributed by atoms with Crippen LogP contribution in [-0.4, -0.2) is 32.7 Å². The lowest BCUT2D eigenvalue weighted by Crippen LogP contribution is -2.05. The van der Waals surface area contributed by atoms with Gasteiger partial charge in [0.2, 0.25) is 0 Å².